The van der Waals surface area contributed by atoms with Gasteiger partial charge in [-0.05, 0) is 32.6 Å². The summed E-state index contributed by atoms with van der Waals surface area (Å²) in [5.41, 5.74) is 0. The van der Waals surface area contributed by atoms with Gasteiger partial charge in [-0.15, -0.1) is 0 Å². The molecule has 0 unspecified atom stereocenters. The van der Waals surface area contributed by atoms with Crippen molar-refractivity contribution in [2.24, 2.45) is 17.8 Å². The van der Waals surface area contributed by atoms with Gasteiger partial charge in [0.25, 0.3) is 0 Å². The second-order valence-electron chi connectivity index (χ2n) is 4.59. The van der Waals surface area contributed by atoms with Crippen LogP contribution in [0, 0.1) is 17.8 Å². The number of hydrogen-bond acceptors (Lipinski definition) is 4. The zero-order valence-corrected chi connectivity index (χ0v) is 11.3. The average Bonchev–Trinajstić information content (AvgIpc) is 2.33. The molecule has 102 valence electrons. The third-order valence-electron chi connectivity index (χ3n) is 3.15. The summed E-state index contributed by atoms with van der Waals surface area (Å²) in [4.78, 5) is 23.8. The van der Waals surface area contributed by atoms with E-state index < -0.39 is 17.9 Å². The number of carbonyl (C=O) groups excluding carboxylic acids is 2. The first-order valence-electron chi connectivity index (χ1n) is 6.61. The molecule has 0 aliphatic heterocycles. The number of ether oxygens (including phenoxy) is 2. The zero-order valence-electron chi connectivity index (χ0n) is 11.3. The van der Waals surface area contributed by atoms with Crippen LogP contribution >= 0.6 is 0 Å². The summed E-state index contributed by atoms with van der Waals surface area (Å²) in [6, 6.07) is 0. The van der Waals surface area contributed by atoms with E-state index in [1.165, 1.54) is 0 Å². The summed E-state index contributed by atoms with van der Waals surface area (Å²) >= 11 is 0. The molecule has 1 aliphatic rings. The van der Waals surface area contributed by atoms with Gasteiger partial charge in [0.1, 0.15) is 0 Å². The second-order valence-corrected chi connectivity index (χ2v) is 4.59. The van der Waals surface area contributed by atoms with Gasteiger partial charge in [-0.2, -0.15) is 0 Å². The summed E-state index contributed by atoms with van der Waals surface area (Å²) in [5, 5.41) is 0. The summed E-state index contributed by atoms with van der Waals surface area (Å²) < 4.78 is 9.96. The molecule has 4 heteroatoms. The zero-order chi connectivity index (χ0) is 13.5. The maximum atomic E-state index is 11.9. The minimum atomic E-state index is -0.811. The van der Waals surface area contributed by atoms with Crippen LogP contribution in [0.1, 0.15) is 33.6 Å². The van der Waals surface area contributed by atoms with Gasteiger partial charge in [-0.1, -0.05) is 19.1 Å². The molecule has 0 N–H and O–H groups in total. The van der Waals surface area contributed by atoms with E-state index in [1.807, 2.05) is 6.08 Å². The van der Waals surface area contributed by atoms with Crippen LogP contribution in [0.25, 0.3) is 0 Å². The van der Waals surface area contributed by atoms with E-state index in [2.05, 4.69) is 13.0 Å². The third kappa shape index (κ3) is 3.86. The maximum absolute atomic E-state index is 11.9. The van der Waals surface area contributed by atoms with Gasteiger partial charge >= 0.3 is 11.9 Å². The molecule has 0 saturated heterocycles. The van der Waals surface area contributed by atoms with Crippen molar-refractivity contribution >= 4 is 11.9 Å². The first-order chi connectivity index (χ1) is 8.60. The van der Waals surface area contributed by atoms with Gasteiger partial charge in [-0.3, -0.25) is 9.59 Å². The molecule has 0 aromatic heterocycles. The van der Waals surface area contributed by atoms with Gasteiger partial charge < -0.3 is 9.47 Å². The first kappa shape index (κ1) is 14.7. The first-order valence-corrected chi connectivity index (χ1v) is 6.61. The van der Waals surface area contributed by atoms with E-state index in [0.717, 1.165) is 12.8 Å². The van der Waals surface area contributed by atoms with E-state index in [0.29, 0.717) is 5.92 Å². The highest BCUT2D eigenvalue weighted by Gasteiger charge is 2.37. The van der Waals surface area contributed by atoms with Crippen molar-refractivity contribution in [1.82, 2.24) is 0 Å². The Kier molecular flexibility index (Phi) is 5.89. The maximum Gasteiger partial charge on any atom is 0.320 e. The second kappa shape index (κ2) is 7.19. The van der Waals surface area contributed by atoms with Crippen LogP contribution in [-0.4, -0.2) is 25.2 Å². The Hall–Kier alpha value is -1.32. The number of carbonyl (C=O) groups is 2. The monoisotopic (exact) mass is 254 g/mol. The molecule has 0 spiro atoms. The molecule has 1 aliphatic carbocycles. The van der Waals surface area contributed by atoms with Crippen LogP contribution in [0.15, 0.2) is 12.2 Å². The molecule has 0 aromatic carbocycles. The molecule has 0 radical (unpaired) electrons. The van der Waals surface area contributed by atoms with Crippen molar-refractivity contribution in [3.05, 3.63) is 12.2 Å². The summed E-state index contributed by atoms with van der Waals surface area (Å²) in [6.07, 6.45) is 5.81. The van der Waals surface area contributed by atoms with Crippen molar-refractivity contribution < 1.29 is 19.1 Å². The van der Waals surface area contributed by atoms with Gasteiger partial charge in [0.2, 0.25) is 0 Å². The van der Waals surface area contributed by atoms with E-state index in [4.69, 9.17) is 9.47 Å². The Morgan fingerprint density at radius 1 is 1.11 bits per heavy atom. The minimum absolute atomic E-state index is 0.0979. The molecule has 4 nitrogen and oxygen atoms in total. The van der Waals surface area contributed by atoms with Crippen LogP contribution in [-0.2, 0) is 19.1 Å². The van der Waals surface area contributed by atoms with Crippen molar-refractivity contribution in [2.45, 2.75) is 33.6 Å². The minimum Gasteiger partial charge on any atom is -0.465 e. The van der Waals surface area contributed by atoms with E-state index in [9.17, 15) is 9.59 Å². The van der Waals surface area contributed by atoms with Crippen LogP contribution in [0.5, 0.6) is 0 Å². The number of allylic oxidation sites excluding steroid dienone is 2. The number of hydrogen-bond donors (Lipinski definition) is 0. The Morgan fingerprint density at radius 3 is 2.06 bits per heavy atom. The quantitative estimate of drug-likeness (QED) is 0.429. The van der Waals surface area contributed by atoms with Gasteiger partial charge in [0.15, 0.2) is 5.92 Å². The van der Waals surface area contributed by atoms with Crippen LogP contribution in [0.3, 0.4) is 0 Å². The molecule has 0 fully saturated rings. The van der Waals surface area contributed by atoms with E-state index in [1.54, 1.807) is 13.8 Å². The van der Waals surface area contributed by atoms with Crippen LogP contribution in [0.4, 0.5) is 0 Å². The largest absolute Gasteiger partial charge is 0.465 e. The molecule has 0 saturated carbocycles. The Morgan fingerprint density at radius 2 is 1.67 bits per heavy atom. The predicted octanol–water partition coefficient (Wildman–Crippen LogP) is 2.33. The molecular weight excluding hydrogens is 232 g/mol. The fraction of sp³-hybridized carbons (Fsp3) is 0.714. The fourth-order valence-corrected chi connectivity index (χ4v) is 2.17. The number of esters is 2. The summed E-state index contributed by atoms with van der Waals surface area (Å²) in [6.45, 7) is 6.15. The van der Waals surface area contributed by atoms with Gasteiger partial charge in [-0.25, -0.2) is 0 Å². The lowest BCUT2D eigenvalue weighted by molar-refractivity contribution is -0.163. The van der Waals surface area contributed by atoms with Crippen molar-refractivity contribution in [1.29, 1.82) is 0 Å². The van der Waals surface area contributed by atoms with Gasteiger partial charge in [0.05, 0.1) is 13.2 Å². The predicted molar refractivity (Wildman–Crippen MR) is 67.8 cm³/mol. The van der Waals surface area contributed by atoms with Crippen molar-refractivity contribution in [2.75, 3.05) is 13.2 Å². The Balaban J connectivity index is 2.79. The molecule has 0 heterocycles. The summed E-state index contributed by atoms with van der Waals surface area (Å²) in [7, 11) is 0. The highest BCUT2D eigenvalue weighted by Crippen LogP contribution is 2.29. The highest BCUT2D eigenvalue weighted by molar-refractivity contribution is 5.95. The molecule has 0 amide bonds. The highest BCUT2D eigenvalue weighted by atomic mass is 16.6. The van der Waals surface area contributed by atoms with Gasteiger partial charge in [0, 0.05) is 5.92 Å². The fourth-order valence-electron chi connectivity index (χ4n) is 2.17. The molecule has 2 atom stereocenters. The van der Waals surface area contributed by atoms with Crippen LogP contribution in [0.2, 0.25) is 0 Å². The lowest BCUT2D eigenvalue weighted by atomic mass is 9.81. The average molecular weight is 254 g/mol. The van der Waals surface area contributed by atoms with Crippen molar-refractivity contribution in [3.8, 4) is 0 Å². The SMILES string of the molecule is CCOC(=O)C(C(=O)OCC)[C@H]1C=C[C@@H](C)CC1. The Bertz CT molecular complexity index is 304. The smallest absolute Gasteiger partial charge is 0.320 e. The summed E-state index contributed by atoms with van der Waals surface area (Å²) in [5.74, 6) is -1.35. The topological polar surface area (TPSA) is 52.6 Å². The van der Waals surface area contributed by atoms with E-state index in [-0.39, 0.29) is 19.1 Å². The lowest BCUT2D eigenvalue weighted by Gasteiger charge is -2.25. The lowest BCUT2D eigenvalue weighted by Crippen LogP contribution is -2.34. The molecular formula is C14H22O4. The normalized spacial score (nSPS) is 22.9. The molecule has 18 heavy (non-hydrogen) atoms. The standard InChI is InChI=1S/C14H22O4/c1-4-17-13(15)12(14(16)18-5-2)11-8-6-10(3)7-9-11/h6,8,10-12H,4-5,7,9H2,1-3H3/t10-,11+/m1/s1. The third-order valence-corrected chi connectivity index (χ3v) is 3.15. The molecule has 0 bridgehead atoms. The Labute approximate surface area is 108 Å². The van der Waals surface area contributed by atoms with E-state index >= 15 is 0 Å². The molecule has 0 aromatic rings. The van der Waals surface area contributed by atoms with Crippen molar-refractivity contribution in [3.63, 3.8) is 0 Å². The molecule has 1 rings (SSSR count). The number of rotatable bonds is 5. The van der Waals surface area contributed by atoms with Crippen LogP contribution < -0.4 is 0 Å².